The summed E-state index contributed by atoms with van der Waals surface area (Å²) in [7, 11) is 0.165. The smallest absolute Gasteiger partial charge is 0.309 e. The third kappa shape index (κ3) is 5.10. The highest BCUT2D eigenvalue weighted by Gasteiger charge is 2.44. The normalized spacial score (nSPS) is 19.1. The average molecular weight is 546 g/mol. The Bertz CT molecular complexity index is 1450. The standard InChI is InChI=1S/C31H40BFN4O3/c1-7-22-18-26(28(38)36-16-10-15-31(20(36)2)13-8-9-14-31)34-27-19-25(35-37(22)27)23-12-11-21(17-24(23)33)32-40-30(5,6)29(3,4)39/h8-9,11-12,17-20,32,39H,7,10,13-16H2,1-6H3. The van der Waals surface area contributed by atoms with Gasteiger partial charge in [0.05, 0.1) is 16.9 Å². The van der Waals surface area contributed by atoms with Crippen molar-refractivity contribution in [1.29, 1.82) is 0 Å². The summed E-state index contributed by atoms with van der Waals surface area (Å²) < 4.78 is 22.9. The van der Waals surface area contributed by atoms with Gasteiger partial charge in [-0.3, -0.25) is 4.79 Å². The summed E-state index contributed by atoms with van der Waals surface area (Å²) in [5.41, 5.74) is 1.53. The number of hydrogen-bond donors (Lipinski definition) is 1. The molecule has 0 saturated carbocycles. The second-order valence-corrected chi connectivity index (χ2v) is 12.5. The summed E-state index contributed by atoms with van der Waals surface area (Å²) >= 11 is 0. The van der Waals surface area contributed by atoms with E-state index in [-0.39, 0.29) is 24.8 Å². The van der Waals surface area contributed by atoms with Gasteiger partial charge in [0.15, 0.2) is 5.65 Å². The van der Waals surface area contributed by atoms with E-state index in [1.165, 1.54) is 6.07 Å². The van der Waals surface area contributed by atoms with Crippen LogP contribution in [0, 0.1) is 11.2 Å². The molecular formula is C31H40BFN4O3. The molecule has 3 aromatic rings. The van der Waals surface area contributed by atoms with Gasteiger partial charge in [-0.2, -0.15) is 5.10 Å². The van der Waals surface area contributed by atoms with Crippen LogP contribution >= 0.6 is 0 Å². The van der Waals surface area contributed by atoms with Crippen LogP contribution in [-0.4, -0.2) is 61.8 Å². The highest BCUT2D eigenvalue weighted by atomic mass is 19.1. The molecule has 40 heavy (non-hydrogen) atoms. The van der Waals surface area contributed by atoms with Gasteiger partial charge in [0, 0.05) is 29.9 Å². The van der Waals surface area contributed by atoms with E-state index in [0.717, 1.165) is 37.9 Å². The lowest BCUT2D eigenvalue weighted by atomic mass is 9.72. The van der Waals surface area contributed by atoms with Gasteiger partial charge in [0.2, 0.25) is 0 Å². The molecule has 5 rings (SSSR count). The molecule has 1 N–H and O–H groups in total. The predicted molar refractivity (Wildman–Crippen MR) is 157 cm³/mol. The Morgan fingerprint density at radius 1 is 1.20 bits per heavy atom. The number of likely N-dealkylation sites (tertiary alicyclic amines) is 1. The minimum Gasteiger partial charge on any atom is -0.427 e. The number of benzene rings is 1. The van der Waals surface area contributed by atoms with E-state index < -0.39 is 17.0 Å². The van der Waals surface area contributed by atoms with E-state index in [2.05, 4.69) is 24.2 Å². The van der Waals surface area contributed by atoms with E-state index in [1.807, 2.05) is 31.7 Å². The number of halogens is 1. The van der Waals surface area contributed by atoms with E-state index in [1.54, 1.807) is 36.6 Å². The lowest BCUT2D eigenvalue weighted by molar-refractivity contribution is -0.0893. The van der Waals surface area contributed by atoms with Crippen molar-refractivity contribution in [3.8, 4) is 11.3 Å². The maximum atomic E-state index is 15.3. The molecule has 7 nitrogen and oxygen atoms in total. The fraction of sp³-hybridized carbons (Fsp3) is 0.516. The highest BCUT2D eigenvalue weighted by molar-refractivity contribution is 6.47. The van der Waals surface area contributed by atoms with Gasteiger partial charge in [-0.15, -0.1) is 0 Å². The lowest BCUT2D eigenvalue weighted by Gasteiger charge is -2.46. The zero-order valence-electron chi connectivity index (χ0n) is 24.5. The third-order valence-electron chi connectivity index (χ3n) is 9.37. The molecule has 1 aliphatic carbocycles. The summed E-state index contributed by atoms with van der Waals surface area (Å²) in [6, 6.07) is 8.64. The van der Waals surface area contributed by atoms with Crippen LogP contribution in [0.3, 0.4) is 0 Å². The highest BCUT2D eigenvalue weighted by Crippen LogP contribution is 2.46. The van der Waals surface area contributed by atoms with Gasteiger partial charge >= 0.3 is 7.48 Å². The first-order valence-electron chi connectivity index (χ1n) is 14.4. The minimum absolute atomic E-state index is 0.0528. The lowest BCUT2D eigenvalue weighted by Crippen LogP contribution is -2.52. The third-order valence-corrected chi connectivity index (χ3v) is 9.37. The average Bonchev–Trinajstić information content (AvgIpc) is 3.55. The molecular weight excluding hydrogens is 506 g/mol. The molecule has 0 radical (unpaired) electrons. The van der Waals surface area contributed by atoms with E-state index >= 15 is 4.39 Å². The Morgan fingerprint density at radius 2 is 1.93 bits per heavy atom. The Balaban J connectivity index is 1.41. The van der Waals surface area contributed by atoms with Crippen molar-refractivity contribution in [2.75, 3.05) is 6.54 Å². The first-order chi connectivity index (χ1) is 18.8. The summed E-state index contributed by atoms with van der Waals surface area (Å²) in [6.07, 6.45) is 9.30. The number of carbonyl (C=O) groups is 1. The number of amides is 1. The number of aromatic nitrogens is 3. The maximum Gasteiger partial charge on any atom is 0.309 e. The zero-order chi connectivity index (χ0) is 28.9. The van der Waals surface area contributed by atoms with Crippen molar-refractivity contribution in [2.24, 2.45) is 5.41 Å². The Labute approximate surface area is 236 Å². The molecule has 1 amide bonds. The van der Waals surface area contributed by atoms with Gasteiger partial charge in [-0.05, 0) is 89.7 Å². The Kier molecular flexibility index (Phi) is 7.42. The fourth-order valence-corrected chi connectivity index (χ4v) is 5.85. The van der Waals surface area contributed by atoms with Crippen LogP contribution in [-0.2, 0) is 11.1 Å². The molecule has 1 saturated heterocycles. The molecule has 1 aliphatic heterocycles. The molecule has 2 aromatic heterocycles. The monoisotopic (exact) mass is 546 g/mol. The molecule has 2 aliphatic rings. The number of carbonyl (C=O) groups excluding carboxylic acids is 1. The number of piperidine rings is 1. The second kappa shape index (κ2) is 10.4. The summed E-state index contributed by atoms with van der Waals surface area (Å²) in [5, 5.41) is 15.0. The molecule has 1 fully saturated rings. The largest absolute Gasteiger partial charge is 0.427 e. The number of nitrogens with zero attached hydrogens (tertiary/aromatic N) is 4. The van der Waals surface area contributed by atoms with Crippen LogP contribution in [0.15, 0.2) is 42.5 Å². The minimum atomic E-state index is -1.05. The van der Waals surface area contributed by atoms with Crippen LogP contribution < -0.4 is 5.46 Å². The van der Waals surface area contributed by atoms with Gasteiger partial charge in [0.1, 0.15) is 11.5 Å². The molecule has 0 bridgehead atoms. The van der Waals surface area contributed by atoms with E-state index in [9.17, 15) is 9.90 Å². The first kappa shape index (κ1) is 28.5. The number of fused-ring (bicyclic) bond motifs is 1. The van der Waals surface area contributed by atoms with Crippen LogP contribution in [0.5, 0.6) is 0 Å². The van der Waals surface area contributed by atoms with Crippen molar-refractivity contribution in [3.05, 3.63) is 59.7 Å². The molecule has 1 unspecified atom stereocenters. The van der Waals surface area contributed by atoms with E-state index in [4.69, 9.17) is 9.64 Å². The Morgan fingerprint density at radius 3 is 2.58 bits per heavy atom. The van der Waals surface area contributed by atoms with Crippen molar-refractivity contribution in [1.82, 2.24) is 19.5 Å². The molecule has 1 atom stereocenters. The van der Waals surface area contributed by atoms with Crippen LogP contribution in [0.4, 0.5) is 4.39 Å². The maximum absolute atomic E-state index is 15.3. The number of aryl methyl sites for hydroxylation is 1. The van der Waals surface area contributed by atoms with Crippen molar-refractivity contribution in [2.45, 2.75) is 90.9 Å². The zero-order valence-corrected chi connectivity index (χ0v) is 24.5. The molecule has 3 heterocycles. The van der Waals surface area contributed by atoms with Crippen molar-refractivity contribution in [3.63, 3.8) is 0 Å². The number of hydrogen-bond acceptors (Lipinski definition) is 5. The Hall–Kier alpha value is -3.04. The summed E-state index contributed by atoms with van der Waals surface area (Å²) in [4.78, 5) is 20.5. The summed E-state index contributed by atoms with van der Waals surface area (Å²) in [6.45, 7) is 11.9. The SMILES string of the molecule is CCc1cc(C(=O)N2CCCC3(CC=CC3)C2C)nc2cc(-c3ccc(BOC(C)(C)C(C)(C)O)cc3F)nn12. The number of rotatable bonds is 7. The number of allylic oxidation sites excluding steroid dienone is 2. The van der Waals surface area contributed by atoms with Gasteiger partial charge in [-0.1, -0.05) is 31.2 Å². The second-order valence-electron chi connectivity index (χ2n) is 12.5. The van der Waals surface area contributed by atoms with Gasteiger partial charge in [-0.25, -0.2) is 13.9 Å². The van der Waals surface area contributed by atoms with Crippen LogP contribution in [0.2, 0.25) is 0 Å². The van der Waals surface area contributed by atoms with E-state index in [0.29, 0.717) is 34.5 Å². The molecule has 9 heteroatoms. The van der Waals surface area contributed by atoms with Gasteiger partial charge in [0.25, 0.3) is 5.91 Å². The summed E-state index contributed by atoms with van der Waals surface area (Å²) in [5.74, 6) is -0.472. The predicted octanol–water partition coefficient (Wildman–Crippen LogP) is 4.60. The van der Waals surface area contributed by atoms with Crippen molar-refractivity contribution < 1.29 is 18.9 Å². The fourth-order valence-electron chi connectivity index (χ4n) is 5.85. The topological polar surface area (TPSA) is 80.0 Å². The quantitative estimate of drug-likeness (QED) is 0.346. The molecule has 212 valence electrons. The molecule has 1 spiro atoms. The molecule has 1 aromatic carbocycles. The number of aliphatic hydroxyl groups is 1. The van der Waals surface area contributed by atoms with Crippen LogP contribution in [0.25, 0.3) is 16.9 Å². The van der Waals surface area contributed by atoms with Gasteiger partial charge < -0.3 is 14.7 Å². The van der Waals surface area contributed by atoms with Crippen molar-refractivity contribution >= 4 is 24.5 Å². The first-order valence-corrected chi connectivity index (χ1v) is 14.4. The van der Waals surface area contributed by atoms with Crippen LogP contribution in [0.1, 0.15) is 83.4 Å².